The Morgan fingerprint density at radius 3 is 2.60 bits per heavy atom. The quantitative estimate of drug-likeness (QED) is 0.900. The molecule has 20 heavy (non-hydrogen) atoms. The minimum absolute atomic E-state index is 0.486. The van der Waals surface area contributed by atoms with Crippen LogP contribution in [0.1, 0.15) is 36.4 Å². The molecule has 0 radical (unpaired) electrons. The van der Waals surface area contributed by atoms with E-state index < -0.39 is 0 Å². The van der Waals surface area contributed by atoms with Crippen LogP contribution in [0.15, 0.2) is 28.7 Å². The highest BCUT2D eigenvalue weighted by Gasteiger charge is 2.12. The molecule has 1 N–H and O–H groups in total. The van der Waals surface area contributed by atoms with Crippen molar-refractivity contribution in [1.29, 1.82) is 0 Å². The number of nitrogens with zero attached hydrogens (tertiary/aromatic N) is 2. The van der Waals surface area contributed by atoms with E-state index in [9.17, 15) is 0 Å². The lowest BCUT2D eigenvalue weighted by Gasteiger charge is -2.09. The monoisotopic (exact) mass is 335 g/mol. The van der Waals surface area contributed by atoms with Crippen LogP contribution < -0.4 is 5.32 Å². The molecule has 0 saturated carbocycles. The van der Waals surface area contributed by atoms with E-state index in [2.05, 4.69) is 76.9 Å². The van der Waals surface area contributed by atoms with Crippen LogP contribution in [0.4, 0.5) is 0 Å². The molecule has 4 heteroatoms. The summed E-state index contributed by atoms with van der Waals surface area (Å²) in [6.45, 7) is 10.2. The Hall–Kier alpha value is -1.13. The van der Waals surface area contributed by atoms with Gasteiger partial charge in [-0.05, 0) is 25.5 Å². The second-order valence-electron chi connectivity index (χ2n) is 5.43. The number of hydrogen-bond donors (Lipinski definition) is 1. The molecule has 0 amide bonds. The first kappa shape index (κ1) is 15.3. The molecule has 0 atom stereocenters. The van der Waals surface area contributed by atoms with E-state index in [1.54, 1.807) is 0 Å². The number of nitrogens with one attached hydrogen (secondary N) is 1. The van der Waals surface area contributed by atoms with E-state index in [1.165, 1.54) is 16.8 Å². The Kier molecular flexibility index (Phi) is 5.00. The van der Waals surface area contributed by atoms with Crippen molar-refractivity contribution in [3.63, 3.8) is 0 Å². The van der Waals surface area contributed by atoms with Gasteiger partial charge >= 0.3 is 0 Å². The molecule has 1 aromatic heterocycles. The number of aromatic nitrogens is 2. The predicted octanol–water partition coefficient (Wildman–Crippen LogP) is 3.81. The number of aryl methyl sites for hydroxylation is 1. The summed E-state index contributed by atoms with van der Waals surface area (Å²) in [5.74, 6) is 0. The van der Waals surface area contributed by atoms with Gasteiger partial charge in [0.15, 0.2) is 0 Å². The van der Waals surface area contributed by atoms with Crippen molar-refractivity contribution in [1.82, 2.24) is 15.1 Å². The average molecular weight is 336 g/mol. The van der Waals surface area contributed by atoms with Gasteiger partial charge in [-0.25, -0.2) is 0 Å². The van der Waals surface area contributed by atoms with Gasteiger partial charge in [0.1, 0.15) is 0 Å². The summed E-state index contributed by atoms with van der Waals surface area (Å²) < 4.78 is 3.22. The van der Waals surface area contributed by atoms with Crippen molar-refractivity contribution in [3.05, 3.63) is 51.3 Å². The second kappa shape index (κ2) is 6.55. The van der Waals surface area contributed by atoms with E-state index in [1.807, 2.05) is 6.07 Å². The van der Waals surface area contributed by atoms with Gasteiger partial charge in [0, 0.05) is 28.3 Å². The fraction of sp³-hybridized carbons (Fsp3) is 0.438. The first-order valence-corrected chi connectivity index (χ1v) is 7.78. The molecule has 0 spiro atoms. The van der Waals surface area contributed by atoms with Gasteiger partial charge in [-0.2, -0.15) is 5.10 Å². The molecule has 3 nitrogen and oxygen atoms in total. The lowest BCUT2D eigenvalue weighted by atomic mass is 10.2. The summed E-state index contributed by atoms with van der Waals surface area (Å²) in [6.07, 6.45) is 0. The number of hydrogen-bond acceptors (Lipinski definition) is 2. The fourth-order valence-electron chi connectivity index (χ4n) is 2.24. The zero-order valence-electron chi connectivity index (χ0n) is 12.6. The fourth-order valence-corrected chi connectivity index (χ4v) is 2.65. The summed E-state index contributed by atoms with van der Waals surface area (Å²) in [5, 5.41) is 8.15. The molecule has 0 unspecified atom stereocenters. The smallest absolute Gasteiger partial charge is 0.0673 e. The van der Waals surface area contributed by atoms with E-state index >= 15 is 0 Å². The lowest BCUT2D eigenvalue weighted by Crippen LogP contribution is -2.22. The van der Waals surface area contributed by atoms with Crippen LogP contribution in [-0.2, 0) is 13.1 Å². The highest BCUT2D eigenvalue weighted by Crippen LogP contribution is 2.19. The van der Waals surface area contributed by atoms with Crippen molar-refractivity contribution in [2.75, 3.05) is 0 Å². The first-order valence-electron chi connectivity index (χ1n) is 6.98. The van der Waals surface area contributed by atoms with Crippen molar-refractivity contribution < 1.29 is 0 Å². The van der Waals surface area contributed by atoms with Crippen LogP contribution in [0.25, 0.3) is 0 Å². The topological polar surface area (TPSA) is 29.9 Å². The number of rotatable bonds is 5. The summed E-state index contributed by atoms with van der Waals surface area (Å²) in [5.41, 5.74) is 4.92. The van der Waals surface area contributed by atoms with Gasteiger partial charge in [0.05, 0.1) is 12.2 Å². The van der Waals surface area contributed by atoms with Gasteiger partial charge in [-0.1, -0.05) is 48.0 Å². The van der Waals surface area contributed by atoms with Crippen molar-refractivity contribution >= 4 is 15.9 Å². The molecule has 0 aliphatic rings. The Morgan fingerprint density at radius 1 is 1.25 bits per heavy atom. The molecule has 2 aromatic rings. The van der Waals surface area contributed by atoms with Crippen molar-refractivity contribution in [2.45, 2.75) is 46.8 Å². The third kappa shape index (κ3) is 3.49. The maximum Gasteiger partial charge on any atom is 0.0673 e. The normalized spacial score (nSPS) is 11.3. The number of halogens is 1. The van der Waals surface area contributed by atoms with Gasteiger partial charge in [0.2, 0.25) is 0 Å². The zero-order chi connectivity index (χ0) is 14.7. The molecule has 1 heterocycles. The highest BCUT2D eigenvalue weighted by atomic mass is 79.9. The largest absolute Gasteiger partial charge is 0.310 e. The Balaban J connectivity index is 2.21. The average Bonchev–Trinajstić information content (AvgIpc) is 2.65. The van der Waals surface area contributed by atoms with Gasteiger partial charge < -0.3 is 5.32 Å². The van der Waals surface area contributed by atoms with Crippen molar-refractivity contribution in [2.24, 2.45) is 0 Å². The van der Waals surface area contributed by atoms with Gasteiger partial charge in [0.25, 0.3) is 0 Å². The minimum Gasteiger partial charge on any atom is -0.310 e. The third-order valence-electron chi connectivity index (χ3n) is 3.50. The predicted molar refractivity (Wildman–Crippen MR) is 86.9 cm³/mol. The van der Waals surface area contributed by atoms with Crippen molar-refractivity contribution in [3.8, 4) is 0 Å². The molecule has 0 bridgehead atoms. The second-order valence-corrected chi connectivity index (χ2v) is 6.29. The van der Waals surface area contributed by atoms with E-state index in [0.717, 1.165) is 23.3 Å². The molecule has 108 valence electrons. The van der Waals surface area contributed by atoms with Gasteiger partial charge in [-0.15, -0.1) is 0 Å². The van der Waals surface area contributed by atoms with Crippen LogP contribution in [0.5, 0.6) is 0 Å². The Bertz CT molecular complexity index is 587. The highest BCUT2D eigenvalue weighted by molar-refractivity contribution is 9.10. The summed E-state index contributed by atoms with van der Waals surface area (Å²) >= 11 is 3.60. The maximum absolute atomic E-state index is 4.68. The number of benzene rings is 1. The third-order valence-corrected chi connectivity index (χ3v) is 4.27. The van der Waals surface area contributed by atoms with Crippen LogP contribution in [0, 0.1) is 13.8 Å². The van der Waals surface area contributed by atoms with Gasteiger partial charge in [-0.3, -0.25) is 4.68 Å². The summed E-state index contributed by atoms with van der Waals surface area (Å²) in [7, 11) is 0. The molecule has 2 rings (SSSR count). The molecule has 0 aliphatic carbocycles. The molecule has 1 aromatic carbocycles. The van der Waals surface area contributed by atoms with E-state index in [-0.39, 0.29) is 0 Å². The van der Waals surface area contributed by atoms with E-state index in [0.29, 0.717) is 6.04 Å². The standard InChI is InChI=1S/C16H22BrN3/c1-11(2)18-9-15-12(3)19-20(13(15)4)10-14-7-5-6-8-16(14)17/h5-8,11,18H,9-10H2,1-4H3. The van der Waals surface area contributed by atoms with Crippen LogP contribution in [0.2, 0.25) is 0 Å². The maximum atomic E-state index is 4.68. The Morgan fingerprint density at radius 2 is 1.95 bits per heavy atom. The van der Waals surface area contributed by atoms with Crippen LogP contribution >= 0.6 is 15.9 Å². The molecular weight excluding hydrogens is 314 g/mol. The zero-order valence-corrected chi connectivity index (χ0v) is 14.2. The van der Waals surface area contributed by atoms with Crippen LogP contribution in [0.3, 0.4) is 0 Å². The Labute approximate surface area is 129 Å². The minimum atomic E-state index is 0.486. The molecule has 0 saturated heterocycles. The lowest BCUT2D eigenvalue weighted by molar-refractivity contribution is 0.584. The first-order chi connectivity index (χ1) is 9.49. The van der Waals surface area contributed by atoms with Crippen LogP contribution in [-0.4, -0.2) is 15.8 Å². The summed E-state index contributed by atoms with van der Waals surface area (Å²) in [6, 6.07) is 8.79. The summed E-state index contributed by atoms with van der Waals surface area (Å²) in [4.78, 5) is 0. The molecular formula is C16H22BrN3. The molecule has 0 aliphatic heterocycles. The van der Waals surface area contributed by atoms with E-state index in [4.69, 9.17) is 0 Å². The SMILES string of the molecule is Cc1nn(Cc2ccccc2Br)c(C)c1CNC(C)C. The molecule has 0 fully saturated rings.